The van der Waals surface area contributed by atoms with Crippen molar-refractivity contribution < 1.29 is 4.79 Å². The van der Waals surface area contributed by atoms with Gasteiger partial charge in [-0.15, -0.1) is 10.2 Å². The van der Waals surface area contributed by atoms with Crippen molar-refractivity contribution in [2.45, 2.75) is 47.7 Å². The quantitative estimate of drug-likeness (QED) is 0.780. The Bertz CT molecular complexity index is 641. The summed E-state index contributed by atoms with van der Waals surface area (Å²) in [6.45, 7) is 0. The minimum absolute atomic E-state index is 0.363. The number of carbonyl (C=O) groups is 1. The fourth-order valence-corrected chi connectivity index (χ4v) is 4.73. The van der Waals surface area contributed by atoms with E-state index in [2.05, 4.69) is 15.5 Å². The van der Waals surface area contributed by atoms with Crippen LogP contribution in [0.1, 0.15) is 42.9 Å². The van der Waals surface area contributed by atoms with Crippen LogP contribution in [0, 0.1) is 0 Å². The number of rotatable bonds is 6. The van der Waals surface area contributed by atoms with Crippen LogP contribution in [0.25, 0.3) is 0 Å². The smallest absolute Gasteiger partial charge is 0.235 e. The van der Waals surface area contributed by atoms with Crippen LogP contribution in [0.2, 0.25) is 0 Å². The van der Waals surface area contributed by atoms with E-state index in [9.17, 15) is 4.79 Å². The normalized spacial score (nSPS) is 16.9. The number of benzene rings is 1. The summed E-state index contributed by atoms with van der Waals surface area (Å²) >= 11 is 2.85. The summed E-state index contributed by atoms with van der Waals surface area (Å²) in [5, 5.41) is 12.2. The number of amides is 1. The van der Waals surface area contributed by atoms with Crippen LogP contribution in [-0.2, 0) is 4.79 Å². The first-order chi connectivity index (χ1) is 11.2. The topological polar surface area (TPSA) is 80.9 Å². The molecule has 7 heteroatoms. The van der Waals surface area contributed by atoms with Crippen molar-refractivity contribution in [1.29, 1.82) is 0 Å². The van der Waals surface area contributed by atoms with Crippen LogP contribution < -0.4 is 11.1 Å². The molecule has 1 atom stereocenters. The summed E-state index contributed by atoms with van der Waals surface area (Å²) < 4.78 is 0.760. The largest absolute Gasteiger partial charge is 0.368 e. The number of primary amides is 1. The highest BCUT2D eigenvalue weighted by Gasteiger charge is 2.22. The first kappa shape index (κ1) is 16.3. The summed E-state index contributed by atoms with van der Waals surface area (Å²) in [5.41, 5.74) is 6.44. The molecule has 1 saturated carbocycles. The van der Waals surface area contributed by atoms with Crippen LogP contribution in [0.4, 0.5) is 5.13 Å². The molecule has 1 heterocycles. The molecule has 0 radical (unpaired) electrons. The molecule has 0 bridgehead atoms. The summed E-state index contributed by atoms with van der Waals surface area (Å²) in [6.07, 6.45) is 6.25. The van der Waals surface area contributed by atoms with Crippen LogP contribution in [0.5, 0.6) is 0 Å². The number of hydrogen-bond donors (Lipinski definition) is 2. The summed E-state index contributed by atoms with van der Waals surface area (Å²) in [6, 6.07) is 10.0. The van der Waals surface area contributed by atoms with E-state index in [1.54, 1.807) is 0 Å². The van der Waals surface area contributed by atoms with Gasteiger partial charge in [0.05, 0.1) is 0 Å². The predicted octanol–water partition coefficient (Wildman–Crippen LogP) is 3.60. The Kier molecular flexibility index (Phi) is 5.51. The lowest BCUT2D eigenvalue weighted by Crippen LogP contribution is -2.21. The monoisotopic (exact) mass is 348 g/mol. The Balaban J connectivity index is 1.66. The van der Waals surface area contributed by atoms with Gasteiger partial charge in [0.15, 0.2) is 4.34 Å². The Morgan fingerprint density at radius 2 is 1.96 bits per heavy atom. The molecular weight excluding hydrogens is 328 g/mol. The summed E-state index contributed by atoms with van der Waals surface area (Å²) in [7, 11) is 0. The van der Waals surface area contributed by atoms with Crippen molar-refractivity contribution in [3.63, 3.8) is 0 Å². The van der Waals surface area contributed by atoms with Gasteiger partial charge in [-0.3, -0.25) is 4.79 Å². The molecule has 0 aliphatic heterocycles. The molecule has 122 valence electrons. The van der Waals surface area contributed by atoms with Gasteiger partial charge < -0.3 is 11.1 Å². The van der Waals surface area contributed by atoms with E-state index in [1.807, 2.05) is 30.3 Å². The number of thioether (sulfide) groups is 1. The van der Waals surface area contributed by atoms with Crippen LogP contribution >= 0.6 is 23.1 Å². The molecule has 1 aromatic carbocycles. The highest BCUT2D eigenvalue weighted by atomic mass is 32.2. The van der Waals surface area contributed by atoms with Crippen molar-refractivity contribution in [1.82, 2.24) is 10.2 Å². The zero-order valence-electron chi connectivity index (χ0n) is 12.8. The van der Waals surface area contributed by atoms with Gasteiger partial charge in [-0.1, -0.05) is 72.7 Å². The van der Waals surface area contributed by atoms with Gasteiger partial charge in [0.1, 0.15) is 5.25 Å². The number of nitrogens with zero attached hydrogens (tertiary/aromatic N) is 2. The molecule has 0 saturated heterocycles. The molecule has 1 aromatic heterocycles. The third-order valence-corrected chi connectivity index (χ3v) is 6.13. The van der Waals surface area contributed by atoms with E-state index >= 15 is 0 Å². The molecular formula is C16H20N4OS2. The minimum Gasteiger partial charge on any atom is -0.368 e. The van der Waals surface area contributed by atoms with Gasteiger partial charge in [-0.2, -0.15) is 0 Å². The number of hydrogen-bond acceptors (Lipinski definition) is 6. The highest BCUT2D eigenvalue weighted by molar-refractivity contribution is 8.01. The lowest BCUT2D eigenvalue weighted by atomic mass is 9.96. The Morgan fingerprint density at radius 1 is 1.22 bits per heavy atom. The van der Waals surface area contributed by atoms with Gasteiger partial charge in [0, 0.05) is 6.04 Å². The third-order valence-electron chi connectivity index (χ3n) is 3.92. The molecule has 23 heavy (non-hydrogen) atoms. The van der Waals surface area contributed by atoms with E-state index in [-0.39, 0.29) is 5.91 Å². The number of carbonyl (C=O) groups excluding carboxylic acids is 1. The zero-order valence-corrected chi connectivity index (χ0v) is 14.4. The summed E-state index contributed by atoms with van der Waals surface area (Å²) in [4.78, 5) is 11.8. The average molecular weight is 348 g/mol. The van der Waals surface area contributed by atoms with Crippen molar-refractivity contribution in [2.75, 3.05) is 5.32 Å². The first-order valence-corrected chi connectivity index (χ1v) is 9.53. The third kappa shape index (κ3) is 4.45. The number of nitrogens with two attached hydrogens (primary N) is 1. The van der Waals surface area contributed by atoms with E-state index in [4.69, 9.17) is 5.73 Å². The Morgan fingerprint density at radius 3 is 2.65 bits per heavy atom. The zero-order chi connectivity index (χ0) is 16.1. The fraction of sp³-hybridized carbons (Fsp3) is 0.438. The molecule has 1 unspecified atom stereocenters. The molecule has 1 aliphatic carbocycles. The second-order valence-electron chi connectivity index (χ2n) is 5.66. The first-order valence-electron chi connectivity index (χ1n) is 7.83. The molecule has 1 aliphatic rings. The van der Waals surface area contributed by atoms with Crippen molar-refractivity contribution in [3.8, 4) is 0 Å². The second kappa shape index (κ2) is 7.79. The average Bonchev–Trinajstić information content (AvgIpc) is 3.01. The number of anilines is 1. The number of aromatic nitrogens is 2. The number of nitrogens with one attached hydrogen (secondary N) is 1. The molecule has 0 spiro atoms. The second-order valence-corrected chi connectivity index (χ2v) is 7.99. The molecule has 3 rings (SSSR count). The van der Waals surface area contributed by atoms with E-state index in [0.717, 1.165) is 15.0 Å². The van der Waals surface area contributed by atoms with E-state index < -0.39 is 5.25 Å². The Hall–Kier alpha value is -1.60. The molecule has 5 nitrogen and oxygen atoms in total. The molecule has 2 aromatic rings. The van der Waals surface area contributed by atoms with E-state index in [1.165, 1.54) is 55.2 Å². The van der Waals surface area contributed by atoms with Crippen LogP contribution in [0.3, 0.4) is 0 Å². The van der Waals surface area contributed by atoms with Gasteiger partial charge in [-0.25, -0.2) is 0 Å². The van der Waals surface area contributed by atoms with E-state index in [0.29, 0.717) is 6.04 Å². The van der Waals surface area contributed by atoms with Gasteiger partial charge in [0.25, 0.3) is 0 Å². The standard InChI is InChI=1S/C16H20N4OS2/c17-14(21)13(11-7-3-1-4-8-11)22-16-20-19-15(23-16)18-12-9-5-2-6-10-12/h1,3-4,7-8,12-13H,2,5-6,9-10H2,(H2,17,21)(H,18,19). The van der Waals surface area contributed by atoms with Crippen molar-refractivity contribution >= 4 is 34.1 Å². The van der Waals surface area contributed by atoms with Crippen molar-refractivity contribution in [2.24, 2.45) is 5.73 Å². The maximum atomic E-state index is 11.8. The van der Waals surface area contributed by atoms with Crippen molar-refractivity contribution in [3.05, 3.63) is 35.9 Å². The SMILES string of the molecule is NC(=O)C(Sc1nnc(NC2CCCCC2)s1)c1ccccc1. The fourth-order valence-electron chi connectivity index (χ4n) is 2.76. The highest BCUT2D eigenvalue weighted by Crippen LogP contribution is 2.38. The van der Waals surface area contributed by atoms with Crippen LogP contribution in [0.15, 0.2) is 34.7 Å². The maximum absolute atomic E-state index is 11.8. The van der Waals surface area contributed by atoms with Gasteiger partial charge >= 0.3 is 0 Å². The lowest BCUT2D eigenvalue weighted by Gasteiger charge is -2.21. The van der Waals surface area contributed by atoms with Gasteiger partial charge in [0.2, 0.25) is 11.0 Å². The maximum Gasteiger partial charge on any atom is 0.235 e. The predicted molar refractivity (Wildman–Crippen MR) is 94.6 cm³/mol. The molecule has 3 N–H and O–H groups in total. The minimum atomic E-state index is -0.438. The molecule has 1 amide bonds. The van der Waals surface area contributed by atoms with Gasteiger partial charge in [-0.05, 0) is 18.4 Å². The molecule has 1 fully saturated rings. The summed E-state index contributed by atoms with van der Waals surface area (Å²) in [5.74, 6) is -0.363. The van der Waals surface area contributed by atoms with Crippen LogP contribution in [-0.4, -0.2) is 22.1 Å². The Labute approximate surface area is 144 Å². The lowest BCUT2D eigenvalue weighted by molar-refractivity contribution is -0.117.